The van der Waals surface area contributed by atoms with E-state index in [1.165, 1.54) is 0 Å². The van der Waals surface area contributed by atoms with Crippen molar-refractivity contribution in [1.82, 2.24) is 0 Å². The van der Waals surface area contributed by atoms with Crippen LogP contribution < -0.4 is 0 Å². The van der Waals surface area contributed by atoms with Gasteiger partial charge in [0.25, 0.3) is 0 Å². The average Bonchev–Trinajstić information content (AvgIpc) is 2.52. The van der Waals surface area contributed by atoms with Gasteiger partial charge in [-0.05, 0) is 12.5 Å². The normalized spacial score (nSPS) is 24.8. The minimum absolute atomic E-state index is 0.120. The highest BCUT2D eigenvalue weighted by Crippen LogP contribution is 2.41. The highest BCUT2D eigenvalue weighted by Gasteiger charge is 2.43. The zero-order chi connectivity index (χ0) is 11.8. The van der Waals surface area contributed by atoms with Crippen LogP contribution in [0.15, 0.2) is 35.4 Å². The summed E-state index contributed by atoms with van der Waals surface area (Å²) in [5.41, 5.74) is 0.688. The molecule has 84 valence electrons. The SMILES string of the molecule is C[C@]1(CCl)OC(=O)C(Cl)=C1c1ccccc1. The lowest BCUT2D eigenvalue weighted by Crippen LogP contribution is -2.29. The van der Waals surface area contributed by atoms with Crippen molar-refractivity contribution in [2.45, 2.75) is 12.5 Å². The molecule has 16 heavy (non-hydrogen) atoms. The number of esters is 1. The summed E-state index contributed by atoms with van der Waals surface area (Å²) in [6.45, 7) is 1.76. The molecule has 1 aromatic carbocycles. The minimum Gasteiger partial charge on any atom is -0.449 e. The molecular weight excluding hydrogens is 247 g/mol. The second-order valence-electron chi connectivity index (χ2n) is 3.81. The van der Waals surface area contributed by atoms with Gasteiger partial charge < -0.3 is 4.74 Å². The van der Waals surface area contributed by atoms with Gasteiger partial charge in [0.1, 0.15) is 5.03 Å². The van der Waals surface area contributed by atoms with Crippen molar-refractivity contribution in [3.63, 3.8) is 0 Å². The Kier molecular flexibility index (Phi) is 2.96. The first-order chi connectivity index (χ1) is 7.58. The highest BCUT2D eigenvalue weighted by molar-refractivity contribution is 6.46. The van der Waals surface area contributed by atoms with E-state index in [4.69, 9.17) is 27.9 Å². The molecule has 2 nitrogen and oxygen atoms in total. The van der Waals surface area contributed by atoms with Gasteiger partial charge in [-0.1, -0.05) is 41.9 Å². The van der Waals surface area contributed by atoms with E-state index in [0.717, 1.165) is 5.56 Å². The van der Waals surface area contributed by atoms with Gasteiger partial charge in [0, 0.05) is 5.57 Å². The maximum absolute atomic E-state index is 11.5. The molecule has 1 aliphatic rings. The number of rotatable bonds is 2. The number of carbonyl (C=O) groups is 1. The van der Waals surface area contributed by atoms with Crippen molar-refractivity contribution in [2.24, 2.45) is 0 Å². The van der Waals surface area contributed by atoms with Crippen LogP contribution in [0.3, 0.4) is 0 Å². The van der Waals surface area contributed by atoms with Gasteiger partial charge in [0.15, 0.2) is 5.60 Å². The molecule has 0 fully saturated rings. The zero-order valence-corrected chi connectivity index (χ0v) is 10.2. The first kappa shape index (κ1) is 11.5. The van der Waals surface area contributed by atoms with Crippen molar-refractivity contribution in [2.75, 3.05) is 5.88 Å². The molecule has 1 aliphatic heterocycles. The van der Waals surface area contributed by atoms with Gasteiger partial charge in [0.05, 0.1) is 5.88 Å². The van der Waals surface area contributed by atoms with Crippen LogP contribution in [0.5, 0.6) is 0 Å². The number of halogens is 2. The molecule has 1 atom stereocenters. The molecule has 0 aliphatic carbocycles. The van der Waals surface area contributed by atoms with E-state index in [1.807, 2.05) is 30.3 Å². The number of cyclic esters (lactones) is 1. The molecule has 0 saturated heterocycles. The summed E-state index contributed by atoms with van der Waals surface area (Å²) >= 11 is 11.8. The lowest BCUT2D eigenvalue weighted by molar-refractivity contribution is -0.143. The maximum atomic E-state index is 11.5. The van der Waals surface area contributed by atoms with E-state index < -0.39 is 11.6 Å². The molecular formula is C12H10Cl2O2. The predicted octanol–water partition coefficient (Wildman–Crippen LogP) is 3.19. The topological polar surface area (TPSA) is 26.3 Å². The molecule has 1 heterocycles. The lowest BCUT2D eigenvalue weighted by atomic mass is 9.92. The number of carbonyl (C=O) groups excluding carboxylic acids is 1. The fourth-order valence-corrected chi connectivity index (χ4v) is 2.30. The van der Waals surface area contributed by atoms with E-state index in [-0.39, 0.29) is 10.9 Å². The van der Waals surface area contributed by atoms with Crippen molar-refractivity contribution in [3.8, 4) is 0 Å². The summed E-state index contributed by atoms with van der Waals surface area (Å²) in [5, 5.41) is 0.120. The molecule has 0 radical (unpaired) electrons. The van der Waals surface area contributed by atoms with E-state index in [2.05, 4.69) is 0 Å². The molecule has 0 aromatic heterocycles. The Morgan fingerprint density at radius 2 is 1.94 bits per heavy atom. The molecule has 2 rings (SSSR count). The van der Waals surface area contributed by atoms with Crippen molar-refractivity contribution in [3.05, 3.63) is 40.9 Å². The van der Waals surface area contributed by atoms with Gasteiger partial charge in [-0.2, -0.15) is 0 Å². The second kappa shape index (κ2) is 4.11. The van der Waals surface area contributed by atoms with E-state index >= 15 is 0 Å². The Morgan fingerprint density at radius 3 is 2.50 bits per heavy atom. The maximum Gasteiger partial charge on any atom is 0.351 e. The molecule has 0 spiro atoms. The van der Waals surface area contributed by atoms with Gasteiger partial charge in [-0.3, -0.25) is 0 Å². The zero-order valence-electron chi connectivity index (χ0n) is 8.67. The summed E-state index contributed by atoms with van der Waals surface area (Å²) in [4.78, 5) is 11.5. The summed E-state index contributed by atoms with van der Waals surface area (Å²) < 4.78 is 5.20. The number of ether oxygens (including phenoxy) is 1. The van der Waals surface area contributed by atoms with E-state index in [9.17, 15) is 4.79 Å². The number of benzene rings is 1. The van der Waals surface area contributed by atoms with Crippen LogP contribution in [0, 0.1) is 0 Å². The van der Waals surface area contributed by atoms with Gasteiger partial charge in [0.2, 0.25) is 0 Å². The van der Waals surface area contributed by atoms with Crippen LogP contribution in [-0.4, -0.2) is 17.5 Å². The van der Waals surface area contributed by atoms with Crippen molar-refractivity contribution < 1.29 is 9.53 Å². The molecule has 0 saturated carbocycles. The van der Waals surface area contributed by atoms with Gasteiger partial charge in [-0.25, -0.2) is 4.79 Å². The molecule has 0 amide bonds. The Bertz CT molecular complexity index is 453. The van der Waals surface area contributed by atoms with Crippen LogP contribution in [-0.2, 0) is 9.53 Å². The quantitative estimate of drug-likeness (QED) is 0.600. The molecule has 0 N–H and O–H groups in total. The smallest absolute Gasteiger partial charge is 0.351 e. The number of alkyl halides is 1. The van der Waals surface area contributed by atoms with Crippen molar-refractivity contribution in [1.29, 1.82) is 0 Å². The monoisotopic (exact) mass is 256 g/mol. The van der Waals surface area contributed by atoms with Gasteiger partial charge in [-0.15, -0.1) is 11.6 Å². The largest absolute Gasteiger partial charge is 0.449 e. The Morgan fingerprint density at radius 1 is 1.31 bits per heavy atom. The first-order valence-electron chi connectivity index (χ1n) is 4.83. The predicted molar refractivity (Wildman–Crippen MR) is 64.4 cm³/mol. The van der Waals surface area contributed by atoms with Crippen LogP contribution in [0.4, 0.5) is 0 Å². The summed E-state index contributed by atoms with van der Waals surface area (Å²) in [7, 11) is 0. The third-order valence-corrected chi connectivity index (χ3v) is 3.42. The summed E-state index contributed by atoms with van der Waals surface area (Å²) in [6.07, 6.45) is 0. The third-order valence-electron chi connectivity index (χ3n) is 2.56. The van der Waals surface area contributed by atoms with Gasteiger partial charge >= 0.3 is 5.97 Å². The van der Waals surface area contributed by atoms with Crippen molar-refractivity contribution >= 4 is 34.7 Å². The minimum atomic E-state index is -0.836. The van der Waals surface area contributed by atoms with Crippen LogP contribution in [0.2, 0.25) is 0 Å². The summed E-state index contributed by atoms with van der Waals surface area (Å²) in [5.74, 6) is -0.331. The van der Waals surface area contributed by atoms with E-state index in [0.29, 0.717) is 5.57 Å². The lowest BCUT2D eigenvalue weighted by Gasteiger charge is -2.23. The Balaban J connectivity index is 2.56. The van der Waals surface area contributed by atoms with Crippen LogP contribution in [0.25, 0.3) is 5.57 Å². The number of hydrogen-bond acceptors (Lipinski definition) is 2. The summed E-state index contributed by atoms with van der Waals surface area (Å²) in [6, 6.07) is 9.41. The fourth-order valence-electron chi connectivity index (χ4n) is 1.77. The highest BCUT2D eigenvalue weighted by atomic mass is 35.5. The molecule has 4 heteroatoms. The third kappa shape index (κ3) is 1.72. The standard InChI is InChI=1S/C12H10Cl2O2/c1-12(7-13)9(10(14)11(15)16-12)8-5-3-2-4-6-8/h2-6H,7H2,1H3/t12-/m1/s1. The van der Waals surface area contributed by atoms with Crippen LogP contribution in [0.1, 0.15) is 12.5 Å². The Labute approximate surface area is 104 Å². The first-order valence-corrected chi connectivity index (χ1v) is 5.75. The molecule has 0 unspecified atom stereocenters. The van der Waals surface area contributed by atoms with Crippen LogP contribution >= 0.6 is 23.2 Å². The molecule has 1 aromatic rings. The van der Waals surface area contributed by atoms with E-state index in [1.54, 1.807) is 6.92 Å². The second-order valence-corrected chi connectivity index (χ2v) is 4.45. The molecule has 0 bridgehead atoms. The average molecular weight is 257 g/mol. The fraction of sp³-hybridized carbons (Fsp3) is 0.250. The number of hydrogen-bond donors (Lipinski definition) is 0. The Hall–Kier alpha value is -0.990.